The van der Waals surface area contributed by atoms with Crippen molar-refractivity contribution in [3.05, 3.63) is 0 Å². The van der Waals surface area contributed by atoms with Crippen molar-refractivity contribution in [2.24, 2.45) is 0 Å². The van der Waals surface area contributed by atoms with Gasteiger partial charge in [-0.3, -0.25) is 4.79 Å². The quantitative estimate of drug-likeness (QED) is 0.431. The van der Waals surface area contributed by atoms with Gasteiger partial charge in [0.15, 0.2) is 0 Å². The molecule has 0 aliphatic heterocycles. The van der Waals surface area contributed by atoms with Crippen molar-refractivity contribution in [3.63, 3.8) is 0 Å². The molecule has 0 unspecified atom stereocenters. The van der Waals surface area contributed by atoms with Crippen molar-refractivity contribution < 1.29 is 14.3 Å². The number of ether oxygens (including phenoxy) is 2. The Labute approximate surface area is 92.5 Å². The molecule has 0 aromatic carbocycles. The first-order chi connectivity index (χ1) is 7.20. The summed E-state index contributed by atoms with van der Waals surface area (Å²) in [6.07, 6.45) is 1.48. The maximum atomic E-state index is 11.1. The van der Waals surface area contributed by atoms with E-state index in [2.05, 4.69) is 4.90 Å². The smallest absolute Gasteiger partial charge is 0.307 e. The van der Waals surface area contributed by atoms with Crippen LogP contribution in [0.3, 0.4) is 0 Å². The van der Waals surface area contributed by atoms with Crippen LogP contribution in [0.4, 0.5) is 0 Å². The predicted octanol–water partition coefficient (Wildman–Crippen LogP) is 1.30. The maximum absolute atomic E-state index is 11.1. The number of rotatable bonds is 9. The Morgan fingerprint density at radius 3 is 2.53 bits per heavy atom. The Bertz CT molecular complexity index is 162. The first-order valence-electron chi connectivity index (χ1n) is 5.62. The van der Waals surface area contributed by atoms with E-state index >= 15 is 0 Å². The summed E-state index contributed by atoms with van der Waals surface area (Å²) in [6.45, 7) is 7.55. The van der Waals surface area contributed by atoms with Crippen LogP contribution < -0.4 is 0 Å². The van der Waals surface area contributed by atoms with Crippen molar-refractivity contribution in [2.75, 3.05) is 40.0 Å². The van der Waals surface area contributed by atoms with Gasteiger partial charge >= 0.3 is 5.97 Å². The summed E-state index contributed by atoms with van der Waals surface area (Å²) in [4.78, 5) is 13.2. The summed E-state index contributed by atoms with van der Waals surface area (Å²) in [5.41, 5.74) is 0. The van der Waals surface area contributed by atoms with E-state index in [0.717, 1.165) is 32.7 Å². The average molecular weight is 217 g/mol. The van der Waals surface area contributed by atoms with Gasteiger partial charge in [0.2, 0.25) is 0 Å². The van der Waals surface area contributed by atoms with E-state index in [1.54, 1.807) is 0 Å². The fourth-order valence-electron chi connectivity index (χ4n) is 1.21. The number of nitrogens with zero attached hydrogens (tertiary/aromatic N) is 1. The monoisotopic (exact) mass is 217 g/mol. The number of carbonyl (C=O) groups is 1. The lowest BCUT2D eigenvalue weighted by Gasteiger charge is -2.15. The summed E-state index contributed by atoms with van der Waals surface area (Å²) in [5, 5.41) is 0. The second-order valence-electron chi connectivity index (χ2n) is 3.41. The van der Waals surface area contributed by atoms with Gasteiger partial charge in [0.25, 0.3) is 0 Å². The maximum Gasteiger partial charge on any atom is 0.307 e. The van der Waals surface area contributed by atoms with Crippen LogP contribution in [0.5, 0.6) is 0 Å². The topological polar surface area (TPSA) is 38.8 Å². The van der Waals surface area contributed by atoms with Gasteiger partial charge in [0.05, 0.1) is 13.0 Å². The van der Waals surface area contributed by atoms with Gasteiger partial charge in [0, 0.05) is 26.3 Å². The Balaban J connectivity index is 3.32. The Morgan fingerprint density at radius 2 is 1.93 bits per heavy atom. The summed E-state index contributed by atoms with van der Waals surface area (Å²) >= 11 is 0. The van der Waals surface area contributed by atoms with Crippen molar-refractivity contribution in [1.82, 2.24) is 4.90 Å². The van der Waals surface area contributed by atoms with Crippen LogP contribution >= 0.6 is 0 Å². The number of hydrogen-bond donors (Lipinski definition) is 0. The van der Waals surface area contributed by atoms with Gasteiger partial charge in [-0.1, -0.05) is 0 Å². The Kier molecular flexibility index (Phi) is 9.52. The van der Waals surface area contributed by atoms with Gasteiger partial charge < -0.3 is 14.4 Å². The van der Waals surface area contributed by atoms with E-state index in [9.17, 15) is 4.79 Å². The molecule has 0 rings (SSSR count). The van der Waals surface area contributed by atoms with Crippen LogP contribution in [-0.4, -0.2) is 50.8 Å². The molecule has 0 saturated carbocycles. The van der Waals surface area contributed by atoms with Crippen molar-refractivity contribution in [3.8, 4) is 0 Å². The van der Waals surface area contributed by atoms with E-state index in [1.165, 1.54) is 0 Å². The zero-order valence-corrected chi connectivity index (χ0v) is 10.1. The van der Waals surface area contributed by atoms with E-state index in [-0.39, 0.29) is 5.97 Å². The largest absolute Gasteiger partial charge is 0.466 e. The number of esters is 1. The third-order valence-electron chi connectivity index (χ3n) is 2.04. The molecule has 15 heavy (non-hydrogen) atoms. The van der Waals surface area contributed by atoms with Crippen LogP contribution in [0.25, 0.3) is 0 Å². The number of hydrogen-bond acceptors (Lipinski definition) is 4. The zero-order valence-electron chi connectivity index (χ0n) is 10.1. The molecular formula is C11H23NO3. The average Bonchev–Trinajstić information content (AvgIpc) is 2.22. The van der Waals surface area contributed by atoms with Crippen LogP contribution in [0, 0.1) is 0 Å². The highest BCUT2D eigenvalue weighted by molar-refractivity contribution is 5.69. The third kappa shape index (κ3) is 9.69. The first kappa shape index (κ1) is 14.4. The van der Waals surface area contributed by atoms with Gasteiger partial charge in [-0.2, -0.15) is 0 Å². The van der Waals surface area contributed by atoms with Crippen molar-refractivity contribution in [1.29, 1.82) is 0 Å². The molecule has 0 bridgehead atoms. The Hall–Kier alpha value is -0.610. The van der Waals surface area contributed by atoms with E-state index in [0.29, 0.717) is 13.0 Å². The van der Waals surface area contributed by atoms with E-state index < -0.39 is 0 Å². The molecule has 0 aromatic heterocycles. The lowest BCUT2D eigenvalue weighted by molar-refractivity contribution is -0.143. The van der Waals surface area contributed by atoms with Gasteiger partial charge in [-0.05, 0) is 27.3 Å². The second-order valence-corrected chi connectivity index (χ2v) is 3.41. The molecule has 0 atom stereocenters. The zero-order chi connectivity index (χ0) is 11.5. The second kappa shape index (κ2) is 9.93. The normalized spacial score (nSPS) is 10.7. The molecule has 4 heteroatoms. The SMILES string of the molecule is CCOCCCN(C)CCC(=O)OCC. The summed E-state index contributed by atoms with van der Waals surface area (Å²) in [6, 6.07) is 0. The molecule has 4 nitrogen and oxygen atoms in total. The minimum absolute atomic E-state index is 0.117. The van der Waals surface area contributed by atoms with Crippen molar-refractivity contribution in [2.45, 2.75) is 26.7 Å². The summed E-state index contributed by atoms with van der Waals surface area (Å²) < 4.78 is 10.1. The Morgan fingerprint density at radius 1 is 1.20 bits per heavy atom. The van der Waals surface area contributed by atoms with Gasteiger partial charge in [0.1, 0.15) is 0 Å². The minimum atomic E-state index is -0.117. The lowest BCUT2D eigenvalue weighted by Crippen LogP contribution is -2.24. The number of carbonyl (C=O) groups excluding carboxylic acids is 1. The first-order valence-corrected chi connectivity index (χ1v) is 5.62. The molecule has 0 aliphatic carbocycles. The molecule has 0 heterocycles. The van der Waals surface area contributed by atoms with Crippen LogP contribution in [0.1, 0.15) is 26.7 Å². The molecule has 0 fully saturated rings. The predicted molar refractivity (Wildman–Crippen MR) is 59.9 cm³/mol. The third-order valence-corrected chi connectivity index (χ3v) is 2.04. The molecule has 0 amide bonds. The molecule has 0 N–H and O–H groups in total. The van der Waals surface area contributed by atoms with Crippen LogP contribution in [0.2, 0.25) is 0 Å². The molecule has 0 spiro atoms. The highest BCUT2D eigenvalue weighted by atomic mass is 16.5. The highest BCUT2D eigenvalue weighted by Gasteiger charge is 2.04. The van der Waals surface area contributed by atoms with Gasteiger partial charge in [-0.15, -0.1) is 0 Å². The van der Waals surface area contributed by atoms with Crippen molar-refractivity contribution >= 4 is 5.97 Å². The summed E-state index contributed by atoms with van der Waals surface area (Å²) in [7, 11) is 2.01. The molecular weight excluding hydrogens is 194 g/mol. The van der Waals surface area contributed by atoms with E-state index in [4.69, 9.17) is 9.47 Å². The van der Waals surface area contributed by atoms with Gasteiger partial charge in [-0.25, -0.2) is 0 Å². The fourth-order valence-corrected chi connectivity index (χ4v) is 1.21. The standard InChI is InChI=1S/C11H23NO3/c1-4-14-10-6-8-12(3)9-7-11(13)15-5-2/h4-10H2,1-3H3. The molecule has 0 radical (unpaired) electrons. The molecule has 0 aromatic rings. The highest BCUT2D eigenvalue weighted by Crippen LogP contribution is 1.93. The van der Waals surface area contributed by atoms with Crippen LogP contribution in [0.15, 0.2) is 0 Å². The van der Waals surface area contributed by atoms with Crippen LogP contribution in [-0.2, 0) is 14.3 Å². The summed E-state index contributed by atoms with van der Waals surface area (Å²) in [5.74, 6) is -0.117. The molecule has 0 aliphatic rings. The van der Waals surface area contributed by atoms with E-state index in [1.807, 2.05) is 20.9 Å². The molecule has 0 saturated heterocycles. The minimum Gasteiger partial charge on any atom is -0.466 e. The molecule has 90 valence electrons. The lowest BCUT2D eigenvalue weighted by atomic mass is 10.3. The fraction of sp³-hybridized carbons (Fsp3) is 0.909.